The molecule has 1 fully saturated rings. The molecule has 3 rings (SSSR count). The Morgan fingerprint density at radius 3 is 2.45 bits per heavy atom. The van der Waals surface area contributed by atoms with Crippen LogP contribution in [0.2, 0.25) is 0 Å². The summed E-state index contributed by atoms with van der Waals surface area (Å²) in [5, 5.41) is 5.87. The van der Waals surface area contributed by atoms with Crippen LogP contribution in [0.15, 0.2) is 59.6 Å². The van der Waals surface area contributed by atoms with E-state index in [1.807, 2.05) is 18.2 Å². The highest BCUT2D eigenvalue weighted by Gasteiger charge is 2.25. The fourth-order valence-corrected chi connectivity index (χ4v) is 3.57. The van der Waals surface area contributed by atoms with E-state index in [1.165, 1.54) is 5.56 Å². The molecule has 1 saturated heterocycles. The Hall–Kier alpha value is -2.62. The average molecular weight is 535 g/mol. The number of rotatable bonds is 7. The van der Waals surface area contributed by atoms with Crippen LogP contribution in [-0.2, 0) is 11.3 Å². The third kappa shape index (κ3) is 7.23. The normalized spacial score (nSPS) is 15.8. The third-order valence-electron chi connectivity index (χ3n) is 5.14. The van der Waals surface area contributed by atoms with Gasteiger partial charge in [0.1, 0.15) is 0 Å². The molecule has 166 valence electrons. The van der Waals surface area contributed by atoms with Crippen LogP contribution in [0, 0.1) is 0 Å². The van der Waals surface area contributed by atoms with Crippen molar-refractivity contribution in [3.63, 3.8) is 0 Å². The molecule has 2 amide bonds. The molecule has 1 aliphatic rings. The van der Waals surface area contributed by atoms with E-state index in [4.69, 9.17) is 10.7 Å². The first-order valence-electron chi connectivity index (χ1n) is 10.3. The lowest BCUT2D eigenvalue weighted by Gasteiger charge is -2.22. The number of amides is 2. The maximum atomic E-state index is 12.0. The Labute approximate surface area is 200 Å². The smallest absolute Gasteiger partial charge is 0.251 e. The van der Waals surface area contributed by atoms with Crippen molar-refractivity contribution in [2.75, 3.05) is 26.2 Å². The average Bonchev–Trinajstić information content (AvgIpc) is 3.26. The molecule has 1 heterocycles. The number of halogens is 1. The fraction of sp³-hybridized carbons (Fsp3) is 0.348. The number of benzene rings is 2. The molecule has 4 N–H and O–H groups in total. The van der Waals surface area contributed by atoms with Crippen LogP contribution in [-0.4, -0.2) is 48.9 Å². The minimum Gasteiger partial charge on any atom is -0.368 e. The molecule has 31 heavy (non-hydrogen) atoms. The van der Waals surface area contributed by atoms with Crippen molar-refractivity contribution in [2.24, 2.45) is 10.7 Å². The lowest BCUT2D eigenvalue weighted by molar-refractivity contribution is -0.117. The zero-order valence-corrected chi connectivity index (χ0v) is 20.0. The molecule has 1 unspecified atom stereocenters. The van der Waals surface area contributed by atoms with Gasteiger partial charge in [0.15, 0.2) is 5.96 Å². The molecule has 0 aliphatic carbocycles. The first-order valence-corrected chi connectivity index (χ1v) is 10.3. The molecular weight excluding hydrogens is 505 g/mol. The van der Waals surface area contributed by atoms with Crippen molar-refractivity contribution in [1.82, 2.24) is 15.5 Å². The summed E-state index contributed by atoms with van der Waals surface area (Å²) in [4.78, 5) is 29.9. The minimum atomic E-state index is -0.568. The van der Waals surface area contributed by atoms with Crippen molar-refractivity contribution in [1.29, 1.82) is 0 Å². The molecular formula is C23H30IN5O2. The van der Waals surface area contributed by atoms with E-state index in [-0.39, 0.29) is 36.4 Å². The number of hydrogen-bond acceptors (Lipinski definition) is 3. The van der Waals surface area contributed by atoms with Crippen LogP contribution in [0.5, 0.6) is 0 Å². The van der Waals surface area contributed by atoms with Gasteiger partial charge in [0, 0.05) is 31.1 Å². The van der Waals surface area contributed by atoms with Gasteiger partial charge in [-0.05, 0) is 36.6 Å². The van der Waals surface area contributed by atoms with E-state index in [0.717, 1.165) is 37.6 Å². The number of likely N-dealkylation sites (tertiary alicyclic amines) is 1. The summed E-state index contributed by atoms with van der Waals surface area (Å²) in [6.45, 7) is 5.16. The van der Waals surface area contributed by atoms with Crippen molar-refractivity contribution in [2.45, 2.75) is 25.8 Å². The second kappa shape index (κ2) is 12.3. The van der Waals surface area contributed by atoms with Gasteiger partial charge in [-0.3, -0.25) is 9.59 Å². The highest BCUT2D eigenvalue weighted by Crippen LogP contribution is 2.27. The van der Waals surface area contributed by atoms with Crippen LogP contribution in [0.3, 0.4) is 0 Å². The van der Waals surface area contributed by atoms with Crippen molar-refractivity contribution in [3.8, 4) is 0 Å². The van der Waals surface area contributed by atoms with Gasteiger partial charge in [0.25, 0.3) is 5.91 Å². The Kier molecular flexibility index (Phi) is 9.77. The molecule has 0 radical (unpaired) electrons. The minimum absolute atomic E-state index is 0. The standard InChI is InChI=1S/C23H29N5O2.HI/c1-2-25-23(28-13-12-20(16-28)18-6-4-3-5-7-18)27-14-17-8-10-19(11-9-17)22(30)26-15-21(24)29;/h3-11,20H,2,12-16H2,1H3,(H2,24,29)(H,25,27)(H,26,30);1H. The molecule has 0 spiro atoms. The summed E-state index contributed by atoms with van der Waals surface area (Å²) >= 11 is 0. The highest BCUT2D eigenvalue weighted by atomic mass is 127. The number of nitrogens with two attached hydrogens (primary N) is 1. The zero-order chi connectivity index (χ0) is 21.3. The van der Waals surface area contributed by atoms with E-state index < -0.39 is 5.91 Å². The molecule has 7 nitrogen and oxygen atoms in total. The van der Waals surface area contributed by atoms with Gasteiger partial charge in [-0.2, -0.15) is 0 Å². The van der Waals surface area contributed by atoms with Gasteiger partial charge in [-0.15, -0.1) is 24.0 Å². The van der Waals surface area contributed by atoms with Crippen LogP contribution in [0.25, 0.3) is 0 Å². The molecule has 2 aromatic carbocycles. The summed E-state index contributed by atoms with van der Waals surface area (Å²) in [5.74, 6) is 0.551. The highest BCUT2D eigenvalue weighted by molar-refractivity contribution is 14.0. The molecule has 1 aliphatic heterocycles. The fourth-order valence-electron chi connectivity index (χ4n) is 3.57. The molecule has 1 atom stereocenters. The predicted octanol–water partition coefficient (Wildman–Crippen LogP) is 2.47. The number of guanidine groups is 1. The Morgan fingerprint density at radius 1 is 1.10 bits per heavy atom. The van der Waals surface area contributed by atoms with E-state index in [1.54, 1.807) is 12.1 Å². The van der Waals surface area contributed by atoms with Crippen LogP contribution in [0.1, 0.15) is 40.7 Å². The maximum Gasteiger partial charge on any atom is 0.251 e. The second-order valence-electron chi connectivity index (χ2n) is 7.36. The lowest BCUT2D eigenvalue weighted by Crippen LogP contribution is -2.40. The summed E-state index contributed by atoms with van der Waals surface area (Å²) in [5.41, 5.74) is 7.92. The van der Waals surface area contributed by atoms with Gasteiger partial charge in [-0.25, -0.2) is 4.99 Å². The quantitative estimate of drug-likeness (QED) is 0.288. The van der Waals surface area contributed by atoms with E-state index >= 15 is 0 Å². The number of primary amides is 1. The SMILES string of the molecule is CCNC(=NCc1ccc(C(=O)NCC(N)=O)cc1)N1CCC(c2ccccc2)C1.I. The van der Waals surface area contributed by atoms with Gasteiger partial charge in [0.2, 0.25) is 5.91 Å². The van der Waals surface area contributed by atoms with E-state index in [0.29, 0.717) is 18.0 Å². The first-order chi connectivity index (χ1) is 14.6. The topological polar surface area (TPSA) is 99.8 Å². The Bertz CT molecular complexity index is 887. The largest absolute Gasteiger partial charge is 0.368 e. The second-order valence-corrected chi connectivity index (χ2v) is 7.36. The van der Waals surface area contributed by atoms with Crippen molar-refractivity contribution < 1.29 is 9.59 Å². The van der Waals surface area contributed by atoms with Gasteiger partial charge >= 0.3 is 0 Å². The maximum absolute atomic E-state index is 12.0. The van der Waals surface area contributed by atoms with Gasteiger partial charge in [-0.1, -0.05) is 42.5 Å². The van der Waals surface area contributed by atoms with Crippen molar-refractivity contribution >= 4 is 41.8 Å². The predicted molar refractivity (Wildman–Crippen MR) is 134 cm³/mol. The first kappa shape index (κ1) is 24.6. The lowest BCUT2D eigenvalue weighted by atomic mass is 9.99. The van der Waals surface area contributed by atoms with Crippen molar-refractivity contribution in [3.05, 3.63) is 71.3 Å². The van der Waals surface area contributed by atoms with E-state index in [9.17, 15) is 9.59 Å². The van der Waals surface area contributed by atoms with Gasteiger partial charge in [0.05, 0.1) is 13.1 Å². The summed E-state index contributed by atoms with van der Waals surface area (Å²) in [7, 11) is 0. The van der Waals surface area contributed by atoms with Crippen LogP contribution < -0.4 is 16.4 Å². The summed E-state index contributed by atoms with van der Waals surface area (Å²) < 4.78 is 0. The Balaban J connectivity index is 0.00000341. The van der Waals surface area contributed by atoms with Crippen LogP contribution in [0.4, 0.5) is 0 Å². The number of carbonyl (C=O) groups is 2. The number of hydrogen-bond donors (Lipinski definition) is 3. The number of nitrogens with zero attached hydrogens (tertiary/aromatic N) is 2. The number of nitrogens with one attached hydrogen (secondary N) is 2. The zero-order valence-electron chi connectivity index (χ0n) is 17.7. The van der Waals surface area contributed by atoms with Gasteiger partial charge < -0.3 is 21.3 Å². The number of aliphatic imine (C=N–C) groups is 1. The molecule has 0 aromatic heterocycles. The number of carbonyl (C=O) groups excluding carboxylic acids is 2. The molecule has 2 aromatic rings. The summed E-state index contributed by atoms with van der Waals surface area (Å²) in [6.07, 6.45) is 1.11. The molecule has 0 bridgehead atoms. The molecule has 0 saturated carbocycles. The Morgan fingerprint density at radius 2 is 1.81 bits per heavy atom. The summed E-state index contributed by atoms with van der Waals surface area (Å²) in [6, 6.07) is 17.8. The molecule has 8 heteroatoms. The third-order valence-corrected chi connectivity index (χ3v) is 5.14. The monoisotopic (exact) mass is 535 g/mol. The van der Waals surface area contributed by atoms with Crippen LogP contribution >= 0.6 is 24.0 Å². The van der Waals surface area contributed by atoms with E-state index in [2.05, 4.69) is 46.7 Å².